The van der Waals surface area contributed by atoms with E-state index in [1.807, 2.05) is 36.4 Å². The Morgan fingerprint density at radius 3 is 2.75 bits per heavy atom. The Kier molecular flexibility index (Phi) is 3.39. The first-order valence-corrected chi connectivity index (χ1v) is 6.62. The summed E-state index contributed by atoms with van der Waals surface area (Å²) in [7, 11) is 0. The number of para-hydroxylation sites is 1. The van der Waals surface area contributed by atoms with E-state index in [0.29, 0.717) is 11.3 Å². The molecule has 1 heterocycles. The minimum Gasteiger partial charge on any atom is -0.321 e. The maximum absolute atomic E-state index is 12.1. The van der Waals surface area contributed by atoms with Crippen LogP contribution in [0.25, 0.3) is 10.9 Å². The molecular weight excluding hydrogens is 268 g/mol. The molecule has 1 aromatic heterocycles. The van der Waals surface area contributed by atoms with Crippen LogP contribution in [0, 0.1) is 0 Å². The highest BCUT2D eigenvalue weighted by Crippen LogP contribution is 2.17. The second-order valence-corrected chi connectivity index (χ2v) is 4.94. The third kappa shape index (κ3) is 2.65. The van der Waals surface area contributed by atoms with Gasteiger partial charge in [0.15, 0.2) is 0 Å². The summed E-state index contributed by atoms with van der Waals surface area (Å²) < 4.78 is 0. The molecule has 0 radical (unpaired) electrons. The lowest BCUT2D eigenvalue weighted by Crippen LogP contribution is -2.11. The number of nitrogens with one attached hydrogen (secondary N) is 1. The van der Waals surface area contributed by atoms with Crippen molar-refractivity contribution in [2.45, 2.75) is 4.90 Å². The smallest absolute Gasteiger partial charge is 0.255 e. The van der Waals surface area contributed by atoms with Gasteiger partial charge in [0.05, 0.1) is 17.4 Å². The Hall–Kier alpha value is -2.33. The molecule has 3 nitrogen and oxygen atoms in total. The molecule has 0 saturated heterocycles. The van der Waals surface area contributed by atoms with Gasteiger partial charge in [0, 0.05) is 15.8 Å². The number of carbonyl (C=O) groups is 1. The number of fused-ring (bicyclic) bond motifs is 1. The van der Waals surface area contributed by atoms with Gasteiger partial charge in [0.2, 0.25) is 0 Å². The Bertz CT molecular complexity index is 786. The molecule has 2 aromatic carbocycles. The SMILES string of the molecule is O=C(Nc1cnc2ccccc2c1)c1cccc(S)c1. The number of pyridine rings is 1. The number of anilines is 1. The van der Waals surface area contributed by atoms with Crippen molar-refractivity contribution < 1.29 is 4.79 Å². The average molecular weight is 280 g/mol. The second kappa shape index (κ2) is 5.35. The maximum atomic E-state index is 12.1. The van der Waals surface area contributed by atoms with E-state index in [9.17, 15) is 4.79 Å². The lowest BCUT2D eigenvalue weighted by atomic mass is 10.2. The molecule has 0 saturated carbocycles. The predicted molar refractivity (Wildman–Crippen MR) is 83.4 cm³/mol. The van der Waals surface area contributed by atoms with Gasteiger partial charge in [0.25, 0.3) is 5.91 Å². The number of hydrogen-bond donors (Lipinski definition) is 2. The fraction of sp³-hybridized carbons (Fsp3) is 0. The Morgan fingerprint density at radius 1 is 1.05 bits per heavy atom. The molecule has 0 spiro atoms. The second-order valence-electron chi connectivity index (χ2n) is 4.42. The first-order valence-electron chi connectivity index (χ1n) is 6.17. The van der Waals surface area contributed by atoms with Crippen molar-refractivity contribution in [3.05, 3.63) is 66.4 Å². The van der Waals surface area contributed by atoms with Gasteiger partial charge in [-0.05, 0) is 30.3 Å². The van der Waals surface area contributed by atoms with E-state index in [4.69, 9.17) is 0 Å². The molecule has 3 aromatic rings. The zero-order valence-corrected chi connectivity index (χ0v) is 11.5. The van der Waals surface area contributed by atoms with E-state index in [2.05, 4.69) is 22.9 Å². The topological polar surface area (TPSA) is 42.0 Å². The van der Waals surface area contributed by atoms with Crippen LogP contribution >= 0.6 is 12.6 Å². The lowest BCUT2D eigenvalue weighted by molar-refractivity contribution is 0.102. The summed E-state index contributed by atoms with van der Waals surface area (Å²) in [5.41, 5.74) is 2.16. The molecule has 0 atom stereocenters. The summed E-state index contributed by atoms with van der Waals surface area (Å²) in [6, 6.07) is 16.8. The van der Waals surface area contributed by atoms with Crippen molar-refractivity contribution in [1.82, 2.24) is 4.98 Å². The molecule has 0 aliphatic carbocycles. The zero-order valence-electron chi connectivity index (χ0n) is 10.6. The number of nitrogens with zero attached hydrogens (tertiary/aromatic N) is 1. The number of aromatic nitrogens is 1. The zero-order chi connectivity index (χ0) is 13.9. The molecule has 3 rings (SSSR count). The quantitative estimate of drug-likeness (QED) is 0.702. The first-order chi connectivity index (χ1) is 9.72. The van der Waals surface area contributed by atoms with Gasteiger partial charge in [-0.15, -0.1) is 12.6 Å². The van der Waals surface area contributed by atoms with Gasteiger partial charge < -0.3 is 5.32 Å². The van der Waals surface area contributed by atoms with E-state index in [-0.39, 0.29) is 5.91 Å². The third-order valence-electron chi connectivity index (χ3n) is 2.96. The molecule has 4 heteroatoms. The van der Waals surface area contributed by atoms with Crippen molar-refractivity contribution in [2.75, 3.05) is 5.32 Å². The summed E-state index contributed by atoms with van der Waals surface area (Å²) in [6.45, 7) is 0. The molecule has 0 unspecified atom stereocenters. The minimum absolute atomic E-state index is 0.169. The van der Waals surface area contributed by atoms with Gasteiger partial charge in [-0.2, -0.15) is 0 Å². The first kappa shape index (κ1) is 12.7. The number of benzene rings is 2. The summed E-state index contributed by atoms with van der Waals surface area (Å²) in [5, 5.41) is 3.84. The normalized spacial score (nSPS) is 10.4. The van der Waals surface area contributed by atoms with Crippen LogP contribution in [0.1, 0.15) is 10.4 Å². The molecule has 0 aliphatic heterocycles. The number of amides is 1. The van der Waals surface area contributed by atoms with Crippen molar-refractivity contribution in [2.24, 2.45) is 0 Å². The highest BCUT2D eigenvalue weighted by molar-refractivity contribution is 7.80. The van der Waals surface area contributed by atoms with Crippen LogP contribution in [-0.4, -0.2) is 10.9 Å². The number of rotatable bonds is 2. The predicted octanol–water partition coefficient (Wildman–Crippen LogP) is 3.78. The van der Waals surface area contributed by atoms with Crippen molar-refractivity contribution in [3.8, 4) is 0 Å². The number of hydrogen-bond acceptors (Lipinski definition) is 3. The van der Waals surface area contributed by atoms with Crippen LogP contribution in [0.4, 0.5) is 5.69 Å². The Morgan fingerprint density at radius 2 is 1.90 bits per heavy atom. The van der Waals surface area contributed by atoms with Crippen LogP contribution in [0.5, 0.6) is 0 Å². The Balaban J connectivity index is 1.87. The van der Waals surface area contributed by atoms with Gasteiger partial charge in [-0.25, -0.2) is 0 Å². The fourth-order valence-corrected chi connectivity index (χ4v) is 2.21. The molecule has 1 N–H and O–H groups in total. The molecular formula is C16H12N2OS. The van der Waals surface area contributed by atoms with Crippen molar-refractivity contribution in [3.63, 3.8) is 0 Å². The highest BCUT2D eigenvalue weighted by Gasteiger charge is 2.06. The van der Waals surface area contributed by atoms with Crippen molar-refractivity contribution >= 4 is 35.1 Å². The number of thiol groups is 1. The summed E-state index contributed by atoms with van der Waals surface area (Å²) >= 11 is 4.23. The number of carbonyl (C=O) groups excluding carboxylic acids is 1. The van der Waals surface area contributed by atoms with Gasteiger partial charge >= 0.3 is 0 Å². The van der Waals surface area contributed by atoms with Crippen LogP contribution in [0.15, 0.2) is 65.7 Å². The van der Waals surface area contributed by atoms with Crippen molar-refractivity contribution in [1.29, 1.82) is 0 Å². The van der Waals surface area contributed by atoms with Gasteiger partial charge in [-0.3, -0.25) is 9.78 Å². The minimum atomic E-state index is -0.169. The van der Waals surface area contributed by atoms with Gasteiger partial charge in [-0.1, -0.05) is 24.3 Å². The van der Waals surface area contributed by atoms with E-state index in [1.165, 1.54) is 0 Å². The van der Waals surface area contributed by atoms with E-state index >= 15 is 0 Å². The Labute approximate surface area is 122 Å². The molecule has 0 aliphatic rings. The summed E-state index contributed by atoms with van der Waals surface area (Å²) in [5.74, 6) is -0.169. The molecule has 0 bridgehead atoms. The molecule has 1 amide bonds. The van der Waals surface area contributed by atoms with Crippen LogP contribution in [-0.2, 0) is 0 Å². The molecule has 0 fully saturated rings. The van der Waals surface area contributed by atoms with E-state index in [0.717, 1.165) is 15.8 Å². The molecule has 20 heavy (non-hydrogen) atoms. The van der Waals surface area contributed by atoms with E-state index < -0.39 is 0 Å². The average Bonchev–Trinajstić information content (AvgIpc) is 2.47. The lowest BCUT2D eigenvalue weighted by Gasteiger charge is -2.06. The summed E-state index contributed by atoms with van der Waals surface area (Å²) in [4.78, 5) is 17.2. The highest BCUT2D eigenvalue weighted by atomic mass is 32.1. The largest absolute Gasteiger partial charge is 0.321 e. The van der Waals surface area contributed by atoms with Crippen LogP contribution in [0.3, 0.4) is 0 Å². The van der Waals surface area contributed by atoms with Crippen LogP contribution < -0.4 is 5.32 Å². The standard InChI is InChI=1S/C16H12N2OS/c19-16(12-5-3-6-14(20)9-12)18-13-8-11-4-1-2-7-15(11)17-10-13/h1-10,20H,(H,18,19). The maximum Gasteiger partial charge on any atom is 0.255 e. The monoisotopic (exact) mass is 280 g/mol. The van der Waals surface area contributed by atoms with Crippen LogP contribution in [0.2, 0.25) is 0 Å². The molecule has 98 valence electrons. The third-order valence-corrected chi connectivity index (χ3v) is 3.23. The fourth-order valence-electron chi connectivity index (χ4n) is 1.99. The van der Waals surface area contributed by atoms with E-state index in [1.54, 1.807) is 24.4 Å². The van der Waals surface area contributed by atoms with Gasteiger partial charge in [0.1, 0.15) is 0 Å². The summed E-state index contributed by atoms with van der Waals surface area (Å²) in [6.07, 6.45) is 1.66.